The highest BCUT2D eigenvalue weighted by Crippen LogP contribution is 2.37. The Hall–Kier alpha value is -2.47. The van der Waals surface area contributed by atoms with Crippen molar-refractivity contribution in [2.24, 2.45) is 5.73 Å². The molecule has 0 bridgehead atoms. The molecule has 0 saturated heterocycles. The zero-order valence-electron chi connectivity index (χ0n) is 16.6. The van der Waals surface area contributed by atoms with E-state index in [0.717, 1.165) is 28.3 Å². The van der Waals surface area contributed by atoms with Crippen LogP contribution < -0.4 is 11.1 Å². The molecular formula is C22H21ClF3N3OS. The Morgan fingerprint density at radius 1 is 1.23 bits per heavy atom. The lowest BCUT2D eigenvalue weighted by molar-refractivity contribution is -0.137. The molecule has 3 rings (SSSR count). The number of nitrogens with one attached hydrogen (secondary N) is 1. The number of benzene rings is 2. The second-order valence-corrected chi connectivity index (χ2v) is 8.10. The van der Waals surface area contributed by atoms with Gasteiger partial charge in [0.05, 0.1) is 23.2 Å². The molecule has 0 radical (unpaired) electrons. The van der Waals surface area contributed by atoms with Crippen molar-refractivity contribution < 1.29 is 18.0 Å². The van der Waals surface area contributed by atoms with Gasteiger partial charge in [0.1, 0.15) is 0 Å². The third-order valence-corrected chi connectivity index (χ3v) is 5.75. The number of carbonyl (C=O) groups is 1. The van der Waals surface area contributed by atoms with Gasteiger partial charge < -0.3 is 11.1 Å². The first-order chi connectivity index (χ1) is 14.2. The number of nitriles is 1. The Balaban J connectivity index is 0.00000341. The van der Waals surface area contributed by atoms with Gasteiger partial charge >= 0.3 is 6.18 Å². The lowest BCUT2D eigenvalue weighted by Gasteiger charge is -2.19. The average Bonchev–Trinajstić information content (AvgIpc) is 3.07. The van der Waals surface area contributed by atoms with E-state index in [2.05, 4.69) is 11.4 Å². The van der Waals surface area contributed by atoms with Crippen molar-refractivity contribution in [2.75, 3.05) is 11.1 Å². The van der Waals surface area contributed by atoms with E-state index in [-0.39, 0.29) is 30.3 Å². The normalized spacial score (nSPS) is 14.8. The number of halogens is 4. The van der Waals surface area contributed by atoms with Crippen molar-refractivity contribution in [1.29, 1.82) is 5.26 Å². The van der Waals surface area contributed by atoms with E-state index in [1.165, 1.54) is 23.9 Å². The van der Waals surface area contributed by atoms with Gasteiger partial charge in [-0.15, -0.1) is 24.2 Å². The second-order valence-electron chi connectivity index (χ2n) is 6.79. The van der Waals surface area contributed by atoms with Crippen LogP contribution in [-0.2, 0) is 11.0 Å². The predicted molar refractivity (Wildman–Crippen MR) is 118 cm³/mol. The molecule has 0 fully saturated rings. The molecule has 0 spiro atoms. The van der Waals surface area contributed by atoms with Crippen molar-refractivity contribution in [3.63, 3.8) is 0 Å². The van der Waals surface area contributed by atoms with Gasteiger partial charge in [-0.3, -0.25) is 4.79 Å². The van der Waals surface area contributed by atoms with Gasteiger partial charge in [-0.05, 0) is 48.1 Å². The van der Waals surface area contributed by atoms with Crippen molar-refractivity contribution in [3.05, 3.63) is 70.4 Å². The number of allylic oxidation sites excluding steroid dienone is 1. The van der Waals surface area contributed by atoms with Crippen molar-refractivity contribution >= 4 is 35.6 Å². The molecule has 0 amide bonds. The number of rotatable bonds is 6. The zero-order valence-corrected chi connectivity index (χ0v) is 18.3. The van der Waals surface area contributed by atoms with Crippen LogP contribution in [0.4, 0.5) is 18.9 Å². The van der Waals surface area contributed by atoms with Crippen LogP contribution in [0.25, 0.3) is 0 Å². The summed E-state index contributed by atoms with van der Waals surface area (Å²) in [6.45, 7) is 1.97. The number of hydrogen-bond donors (Lipinski definition) is 2. The van der Waals surface area contributed by atoms with E-state index in [1.54, 1.807) is 18.2 Å². The number of thioether (sulfide) groups is 1. The minimum Gasteiger partial charge on any atom is -0.358 e. The molecule has 0 saturated carbocycles. The summed E-state index contributed by atoms with van der Waals surface area (Å²) in [5.74, 6) is 0.630. The molecule has 1 aliphatic carbocycles. The Bertz CT molecular complexity index is 1050. The highest BCUT2D eigenvalue weighted by Gasteiger charge is 2.32. The molecule has 0 aromatic heterocycles. The number of Topliss-reactive ketones (excluding diaryl/α,β-unsaturated/α-hetero) is 1. The standard InChI is InChI=1S/C22H20F3N3OS.ClH/c1-2-30-19-10-13(12-26)6-7-16(19)21(27)20-17(8-9-18(20)29)28-15-5-3-4-14(11-15)22(23,24)25;/h3-7,10-11,21,28H,2,8-9,27H2,1H3;1H. The average molecular weight is 468 g/mol. The van der Waals surface area contributed by atoms with E-state index >= 15 is 0 Å². The summed E-state index contributed by atoms with van der Waals surface area (Å²) in [7, 11) is 0. The van der Waals surface area contributed by atoms with Crippen molar-refractivity contribution in [3.8, 4) is 6.07 Å². The third kappa shape index (κ3) is 5.62. The fourth-order valence-corrected chi connectivity index (χ4v) is 4.29. The fourth-order valence-electron chi connectivity index (χ4n) is 3.41. The van der Waals surface area contributed by atoms with Crippen LogP contribution in [0.3, 0.4) is 0 Å². The van der Waals surface area contributed by atoms with Gasteiger partial charge in [0.2, 0.25) is 0 Å². The van der Waals surface area contributed by atoms with Crippen LogP contribution in [0.15, 0.2) is 58.6 Å². The van der Waals surface area contributed by atoms with E-state index in [9.17, 15) is 18.0 Å². The van der Waals surface area contributed by atoms with Crippen LogP contribution in [0.1, 0.15) is 42.5 Å². The lowest BCUT2D eigenvalue weighted by atomic mass is 9.96. The van der Waals surface area contributed by atoms with Gasteiger partial charge in [0.15, 0.2) is 5.78 Å². The highest BCUT2D eigenvalue weighted by molar-refractivity contribution is 7.99. The minimum absolute atomic E-state index is 0. The van der Waals surface area contributed by atoms with E-state index in [4.69, 9.17) is 11.0 Å². The van der Waals surface area contributed by atoms with Crippen LogP contribution >= 0.6 is 24.2 Å². The van der Waals surface area contributed by atoms with Gasteiger partial charge in [0, 0.05) is 28.3 Å². The first kappa shape index (κ1) is 24.8. The van der Waals surface area contributed by atoms with E-state index < -0.39 is 17.8 Å². The quantitative estimate of drug-likeness (QED) is 0.522. The molecule has 9 heteroatoms. The molecule has 1 atom stereocenters. The molecule has 31 heavy (non-hydrogen) atoms. The van der Waals surface area contributed by atoms with Gasteiger partial charge in [-0.1, -0.05) is 19.1 Å². The number of ketones is 1. The molecule has 1 unspecified atom stereocenters. The van der Waals surface area contributed by atoms with Crippen LogP contribution in [0.2, 0.25) is 0 Å². The topological polar surface area (TPSA) is 78.9 Å². The molecule has 0 aliphatic heterocycles. The predicted octanol–water partition coefficient (Wildman–Crippen LogP) is 5.84. The SMILES string of the molecule is CCSc1cc(C#N)ccc1C(N)C1=C(Nc2cccc(C(F)(F)F)c2)CCC1=O.Cl. The summed E-state index contributed by atoms with van der Waals surface area (Å²) in [5, 5.41) is 12.1. The number of carbonyl (C=O) groups excluding carboxylic acids is 1. The van der Waals surface area contributed by atoms with Gasteiger partial charge in [-0.2, -0.15) is 18.4 Å². The largest absolute Gasteiger partial charge is 0.416 e. The number of hydrogen-bond acceptors (Lipinski definition) is 5. The van der Waals surface area contributed by atoms with E-state index in [0.29, 0.717) is 23.3 Å². The molecule has 1 aliphatic rings. The van der Waals surface area contributed by atoms with Crippen LogP contribution in [0.5, 0.6) is 0 Å². The van der Waals surface area contributed by atoms with E-state index in [1.807, 2.05) is 6.92 Å². The molecule has 0 heterocycles. The lowest BCUT2D eigenvalue weighted by Crippen LogP contribution is -2.20. The van der Waals surface area contributed by atoms with Crippen molar-refractivity contribution in [1.82, 2.24) is 0 Å². The maximum Gasteiger partial charge on any atom is 0.416 e. The summed E-state index contributed by atoms with van der Waals surface area (Å²) in [5.41, 5.74) is 8.06. The zero-order chi connectivity index (χ0) is 21.9. The third-order valence-electron chi connectivity index (χ3n) is 4.80. The summed E-state index contributed by atoms with van der Waals surface area (Å²) < 4.78 is 39.0. The number of alkyl halides is 3. The summed E-state index contributed by atoms with van der Waals surface area (Å²) in [6.07, 6.45) is -3.83. The summed E-state index contributed by atoms with van der Waals surface area (Å²) >= 11 is 1.52. The Labute approximate surface area is 189 Å². The van der Waals surface area contributed by atoms with Crippen LogP contribution in [-0.4, -0.2) is 11.5 Å². The van der Waals surface area contributed by atoms with Gasteiger partial charge in [-0.25, -0.2) is 0 Å². The number of nitrogens with zero attached hydrogens (tertiary/aromatic N) is 1. The second kappa shape index (κ2) is 10.2. The molecule has 2 aromatic carbocycles. The maximum atomic E-state index is 13.0. The summed E-state index contributed by atoms with van der Waals surface area (Å²) in [6, 6.07) is 11.3. The van der Waals surface area contributed by atoms with Crippen molar-refractivity contribution in [2.45, 2.75) is 36.9 Å². The summed E-state index contributed by atoms with van der Waals surface area (Å²) in [4.78, 5) is 13.4. The Kier molecular flexibility index (Phi) is 8.18. The molecule has 3 N–H and O–H groups in total. The van der Waals surface area contributed by atoms with Gasteiger partial charge in [0.25, 0.3) is 0 Å². The Morgan fingerprint density at radius 3 is 2.61 bits per heavy atom. The van der Waals surface area contributed by atoms with Crippen LogP contribution in [0, 0.1) is 11.3 Å². The molecule has 4 nitrogen and oxygen atoms in total. The first-order valence-corrected chi connectivity index (χ1v) is 10.4. The monoisotopic (exact) mass is 467 g/mol. The fraction of sp³-hybridized carbons (Fsp3) is 0.273. The first-order valence-electron chi connectivity index (χ1n) is 9.37. The maximum absolute atomic E-state index is 13.0. The highest BCUT2D eigenvalue weighted by atomic mass is 35.5. The molecule has 164 valence electrons. The Morgan fingerprint density at radius 2 is 1.97 bits per heavy atom. The minimum atomic E-state index is -4.45. The number of anilines is 1. The smallest absolute Gasteiger partial charge is 0.358 e. The molecule has 2 aromatic rings. The molecular weight excluding hydrogens is 447 g/mol. The number of nitrogens with two attached hydrogens (primary N) is 1.